The Kier molecular flexibility index (Phi) is 2.32. The zero-order valence-electron chi connectivity index (χ0n) is 10.3. The maximum absolute atomic E-state index is 2.72. The average Bonchev–Trinajstić information content (AvgIpc) is 2.72. The molecule has 2 saturated heterocycles. The summed E-state index contributed by atoms with van der Waals surface area (Å²) in [6.45, 7) is 7.49. The monoisotopic (exact) mass is 215 g/mol. The number of hydrogen-bond acceptors (Lipinski definition) is 1. The smallest absolute Gasteiger partial charge is 0.0253 e. The van der Waals surface area contributed by atoms with Crippen molar-refractivity contribution in [2.24, 2.45) is 5.92 Å². The van der Waals surface area contributed by atoms with Crippen LogP contribution in [0.2, 0.25) is 0 Å². The average molecular weight is 215 g/mol. The molecule has 0 saturated carbocycles. The van der Waals surface area contributed by atoms with Gasteiger partial charge in [-0.2, -0.15) is 0 Å². The highest BCUT2D eigenvalue weighted by Crippen LogP contribution is 2.50. The summed E-state index contributed by atoms with van der Waals surface area (Å²) in [6.07, 6.45) is 2.75. The molecule has 1 aromatic carbocycles. The summed E-state index contributed by atoms with van der Waals surface area (Å²) in [6, 6.07) is 11.1. The van der Waals surface area contributed by atoms with Crippen LogP contribution < -0.4 is 0 Å². The molecule has 1 heteroatoms. The van der Waals surface area contributed by atoms with E-state index in [1.165, 1.54) is 25.9 Å². The molecule has 0 unspecified atom stereocenters. The number of fused-ring (bicyclic) bond motifs is 1. The summed E-state index contributed by atoms with van der Waals surface area (Å²) in [4.78, 5) is 2.72. The van der Waals surface area contributed by atoms with Gasteiger partial charge >= 0.3 is 0 Å². The van der Waals surface area contributed by atoms with Crippen molar-refractivity contribution < 1.29 is 0 Å². The molecule has 0 bridgehead atoms. The first-order valence-corrected chi connectivity index (χ1v) is 6.52. The molecule has 2 aliphatic heterocycles. The van der Waals surface area contributed by atoms with E-state index >= 15 is 0 Å². The molecule has 2 aliphatic rings. The Morgan fingerprint density at radius 2 is 2.00 bits per heavy atom. The van der Waals surface area contributed by atoms with Gasteiger partial charge in [0.25, 0.3) is 0 Å². The number of hydrogen-bond donors (Lipinski definition) is 0. The topological polar surface area (TPSA) is 3.24 Å². The summed E-state index contributed by atoms with van der Waals surface area (Å²) in [5, 5.41) is 0. The van der Waals surface area contributed by atoms with Crippen molar-refractivity contribution in [1.82, 2.24) is 4.90 Å². The fourth-order valence-electron chi connectivity index (χ4n) is 4.11. The van der Waals surface area contributed by atoms with Crippen LogP contribution in [-0.2, 0) is 0 Å². The van der Waals surface area contributed by atoms with Crippen molar-refractivity contribution in [2.75, 3.05) is 13.1 Å². The van der Waals surface area contributed by atoms with E-state index < -0.39 is 0 Å². The van der Waals surface area contributed by atoms with Crippen LogP contribution in [0.25, 0.3) is 0 Å². The highest BCUT2D eigenvalue weighted by atomic mass is 15.2. The summed E-state index contributed by atoms with van der Waals surface area (Å²) in [5.41, 5.74) is 1.97. The molecule has 1 nitrogen and oxygen atoms in total. The fraction of sp³-hybridized carbons (Fsp3) is 0.600. The lowest BCUT2D eigenvalue weighted by Crippen LogP contribution is -2.38. The van der Waals surface area contributed by atoms with E-state index in [0.717, 1.165) is 11.8 Å². The standard InChI is InChI=1S/C15H21N/c1-12-11-16-10-6-9-15(16,2)14(12)13-7-4-3-5-8-13/h3-5,7-8,12,14H,6,9-11H2,1-2H3/t12-,14+,15-/m1/s1. The van der Waals surface area contributed by atoms with Crippen LogP contribution in [0.3, 0.4) is 0 Å². The Balaban J connectivity index is 2.00. The van der Waals surface area contributed by atoms with Gasteiger partial charge < -0.3 is 0 Å². The van der Waals surface area contributed by atoms with Gasteiger partial charge in [0, 0.05) is 18.0 Å². The van der Waals surface area contributed by atoms with E-state index in [9.17, 15) is 0 Å². The third-order valence-corrected chi connectivity index (χ3v) is 4.74. The van der Waals surface area contributed by atoms with E-state index in [1.54, 1.807) is 5.56 Å². The summed E-state index contributed by atoms with van der Waals surface area (Å²) in [7, 11) is 0. The molecule has 2 heterocycles. The van der Waals surface area contributed by atoms with Crippen molar-refractivity contribution in [3.63, 3.8) is 0 Å². The Bertz CT molecular complexity index is 372. The lowest BCUT2D eigenvalue weighted by molar-refractivity contribution is 0.201. The molecule has 0 radical (unpaired) electrons. The molecule has 86 valence electrons. The quantitative estimate of drug-likeness (QED) is 0.695. The van der Waals surface area contributed by atoms with Gasteiger partial charge in [-0.05, 0) is 37.8 Å². The van der Waals surface area contributed by atoms with Crippen LogP contribution in [0.1, 0.15) is 38.2 Å². The van der Waals surface area contributed by atoms with E-state index in [4.69, 9.17) is 0 Å². The molecule has 2 fully saturated rings. The Morgan fingerprint density at radius 1 is 1.25 bits per heavy atom. The number of nitrogens with zero attached hydrogens (tertiary/aromatic N) is 1. The molecule has 3 atom stereocenters. The zero-order chi connectivity index (χ0) is 11.2. The number of rotatable bonds is 1. The van der Waals surface area contributed by atoms with Gasteiger partial charge in [0.2, 0.25) is 0 Å². The minimum atomic E-state index is 0.431. The molecule has 0 aromatic heterocycles. The van der Waals surface area contributed by atoms with Gasteiger partial charge in [0.1, 0.15) is 0 Å². The lowest BCUT2D eigenvalue weighted by Gasteiger charge is -2.34. The van der Waals surface area contributed by atoms with Crippen molar-refractivity contribution in [1.29, 1.82) is 0 Å². The maximum atomic E-state index is 2.72. The second-order valence-electron chi connectivity index (χ2n) is 5.77. The molecule has 0 amide bonds. The highest BCUT2D eigenvalue weighted by molar-refractivity contribution is 5.28. The molecule has 3 rings (SSSR count). The van der Waals surface area contributed by atoms with Gasteiger partial charge in [-0.1, -0.05) is 37.3 Å². The van der Waals surface area contributed by atoms with Crippen molar-refractivity contribution in [3.8, 4) is 0 Å². The second-order valence-corrected chi connectivity index (χ2v) is 5.77. The van der Waals surface area contributed by atoms with Crippen LogP contribution in [0, 0.1) is 5.92 Å². The summed E-state index contributed by atoms with van der Waals surface area (Å²) < 4.78 is 0. The fourth-order valence-corrected chi connectivity index (χ4v) is 4.11. The number of benzene rings is 1. The van der Waals surface area contributed by atoms with E-state index in [-0.39, 0.29) is 0 Å². The first-order valence-electron chi connectivity index (χ1n) is 6.52. The largest absolute Gasteiger partial charge is 0.297 e. The van der Waals surface area contributed by atoms with Crippen LogP contribution in [0.5, 0.6) is 0 Å². The Morgan fingerprint density at radius 3 is 2.75 bits per heavy atom. The van der Waals surface area contributed by atoms with Crippen LogP contribution in [0.4, 0.5) is 0 Å². The van der Waals surface area contributed by atoms with Crippen LogP contribution in [0.15, 0.2) is 30.3 Å². The minimum absolute atomic E-state index is 0.431. The molecule has 0 aliphatic carbocycles. The van der Waals surface area contributed by atoms with E-state index in [1.807, 2.05) is 0 Å². The Hall–Kier alpha value is -0.820. The van der Waals surface area contributed by atoms with Crippen molar-refractivity contribution in [3.05, 3.63) is 35.9 Å². The molecular formula is C15H21N. The van der Waals surface area contributed by atoms with Gasteiger partial charge in [0.05, 0.1) is 0 Å². The molecule has 16 heavy (non-hydrogen) atoms. The van der Waals surface area contributed by atoms with Crippen molar-refractivity contribution >= 4 is 0 Å². The summed E-state index contributed by atoms with van der Waals surface area (Å²) >= 11 is 0. The summed E-state index contributed by atoms with van der Waals surface area (Å²) in [5.74, 6) is 1.53. The molecule has 0 spiro atoms. The van der Waals surface area contributed by atoms with Gasteiger partial charge in [-0.25, -0.2) is 0 Å². The first kappa shape index (κ1) is 10.3. The van der Waals surface area contributed by atoms with E-state index in [0.29, 0.717) is 5.54 Å². The molecule has 0 N–H and O–H groups in total. The first-order chi connectivity index (χ1) is 7.72. The molecule has 1 aromatic rings. The zero-order valence-corrected chi connectivity index (χ0v) is 10.3. The van der Waals surface area contributed by atoms with Gasteiger partial charge in [-0.15, -0.1) is 0 Å². The normalized spacial score (nSPS) is 38.9. The lowest BCUT2D eigenvalue weighted by atomic mass is 9.76. The third-order valence-electron chi connectivity index (χ3n) is 4.74. The third kappa shape index (κ3) is 1.34. The van der Waals surface area contributed by atoms with E-state index in [2.05, 4.69) is 49.1 Å². The highest BCUT2D eigenvalue weighted by Gasteiger charge is 2.51. The van der Waals surface area contributed by atoms with Crippen LogP contribution in [-0.4, -0.2) is 23.5 Å². The van der Waals surface area contributed by atoms with Crippen molar-refractivity contribution in [2.45, 2.75) is 38.1 Å². The Labute approximate surface area is 98.5 Å². The van der Waals surface area contributed by atoms with Crippen LogP contribution >= 0.6 is 0 Å². The second kappa shape index (κ2) is 3.59. The minimum Gasteiger partial charge on any atom is -0.297 e. The predicted molar refractivity (Wildman–Crippen MR) is 67.6 cm³/mol. The predicted octanol–water partition coefficient (Wildman–Crippen LogP) is 3.27. The maximum Gasteiger partial charge on any atom is 0.0253 e. The molecular weight excluding hydrogens is 194 g/mol. The van der Waals surface area contributed by atoms with Gasteiger partial charge in [0.15, 0.2) is 0 Å². The SMILES string of the molecule is C[C@@H]1CN2CCC[C@]2(C)[C@@H]1c1ccccc1. The van der Waals surface area contributed by atoms with Gasteiger partial charge in [-0.3, -0.25) is 4.90 Å².